The van der Waals surface area contributed by atoms with Gasteiger partial charge in [0.05, 0.1) is 18.2 Å². The molecular formula is C10H13ClN2O2. The first kappa shape index (κ1) is 11.8. The number of hydrogen-bond donors (Lipinski definition) is 2. The first-order valence-corrected chi connectivity index (χ1v) is 4.82. The van der Waals surface area contributed by atoms with Gasteiger partial charge in [0.25, 0.3) is 0 Å². The van der Waals surface area contributed by atoms with Crippen LogP contribution in [0.25, 0.3) is 0 Å². The second-order valence-electron chi connectivity index (χ2n) is 3.13. The summed E-state index contributed by atoms with van der Waals surface area (Å²) in [6.45, 7) is 1.61. The monoisotopic (exact) mass is 228 g/mol. The molecule has 0 aromatic heterocycles. The highest BCUT2D eigenvalue weighted by molar-refractivity contribution is 6.32. The Kier molecular flexibility index (Phi) is 3.94. The van der Waals surface area contributed by atoms with Crippen molar-refractivity contribution >= 4 is 23.2 Å². The fraction of sp³-hybridized carbons (Fsp3) is 0.300. The molecule has 0 heterocycles. The van der Waals surface area contributed by atoms with Crippen LogP contribution in [0.3, 0.4) is 0 Å². The Morgan fingerprint density at radius 2 is 2.27 bits per heavy atom. The third-order valence-electron chi connectivity index (χ3n) is 1.83. The SMILES string of the molecule is COc1cc(NC(=O)C(C)N)ccc1Cl. The predicted octanol–water partition coefficient (Wildman–Crippen LogP) is 1.63. The highest BCUT2D eigenvalue weighted by atomic mass is 35.5. The van der Waals surface area contributed by atoms with Gasteiger partial charge >= 0.3 is 0 Å². The van der Waals surface area contributed by atoms with Crippen molar-refractivity contribution in [2.24, 2.45) is 5.73 Å². The normalized spacial score (nSPS) is 12.0. The Morgan fingerprint density at radius 1 is 1.60 bits per heavy atom. The van der Waals surface area contributed by atoms with Crippen LogP contribution in [0.15, 0.2) is 18.2 Å². The van der Waals surface area contributed by atoms with Gasteiger partial charge in [0.1, 0.15) is 5.75 Å². The summed E-state index contributed by atoms with van der Waals surface area (Å²) in [5.74, 6) is 0.263. The molecule has 0 spiro atoms. The smallest absolute Gasteiger partial charge is 0.241 e. The largest absolute Gasteiger partial charge is 0.495 e. The lowest BCUT2D eigenvalue weighted by Crippen LogP contribution is -2.32. The number of carbonyl (C=O) groups excluding carboxylic acids is 1. The van der Waals surface area contributed by atoms with Gasteiger partial charge in [0, 0.05) is 11.8 Å². The molecule has 0 saturated carbocycles. The molecule has 1 rings (SSSR count). The highest BCUT2D eigenvalue weighted by Crippen LogP contribution is 2.27. The Bertz CT molecular complexity index is 366. The van der Waals surface area contributed by atoms with E-state index in [1.54, 1.807) is 25.1 Å². The summed E-state index contributed by atoms with van der Waals surface area (Å²) in [6, 6.07) is 4.43. The van der Waals surface area contributed by atoms with Crippen LogP contribution in [0.5, 0.6) is 5.75 Å². The fourth-order valence-electron chi connectivity index (χ4n) is 0.994. The number of carbonyl (C=O) groups is 1. The zero-order chi connectivity index (χ0) is 11.4. The van der Waals surface area contributed by atoms with E-state index in [4.69, 9.17) is 22.1 Å². The zero-order valence-corrected chi connectivity index (χ0v) is 9.34. The number of methoxy groups -OCH3 is 1. The molecule has 0 radical (unpaired) electrons. The average Bonchev–Trinajstić information content (AvgIpc) is 2.20. The number of nitrogens with one attached hydrogen (secondary N) is 1. The van der Waals surface area contributed by atoms with Crippen LogP contribution >= 0.6 is 11.6 Å². The van der Waals surface area contributed by atoms with Crippen molar-refractivity contribution in [2.75, 3.05) is 12.4 Å². The van der Waals surface area contributed by atoms with Crippen molar-refractivity contribution < 1.29 is 9.53 Å². The number of ether oxygens (including phenoxy) is 1. The lowest BCUT2D eigenvalue weighted by Gasteiger charge is -2.09. The van der Waals surface area contributed by atoms with Gasteiger partial charge in [-0.3, -0.25) is 4.79 Å². The van der Waals surface area contributed by atoms with Crippen molar-refractivity contribution in [3.8, 4) is 5.75 Å². The van der Waals surface area contributed by atoms with Crippen LogP contribution < -0.4 is 15.8 Å². The molecule has 3 N–H and O–H groups in total. The van der Waals surface area contributed by atoms with E-state index in [2.05, 4.69) is 5.32 Å². The van der Waals surface area contributed by atoms with Crippen LogP contribution in [0.2, 0.25) is 5.02 Å². The van der Waals surface area contributed by atoms with Crippen molar-refractivity contribution in [3.63, 3.8) is 0 Å². The molecule has 82 valence electrons. The van der Waals surface area contributed by atoms with E-state index in [9.17, 15) is 4.79 Å². The highest BCUT2D eigenvalue weighted by Gasteiger charge is 2.08. The molecule has 1 amide bonds. The summed E-state index contributed by atoms with van der Waals surface area (Å²) in [5, 5.41) is 3.14. The van der Waals surface area contributed by atoms with Gasteiger partial charge in [-0.15, -0.1) is 0 Å². The van der Waals surface area contributed by atoms with E-state index in [1.807, 2.05) is 0 Å². The standard InChI is InChI=1S/C10H13ClN2O2/c1-6(12)10(14)13-7-3-4-8(11)9(5-7)15-2/h3-6H,12H2,1-2H3,(H,13,14). The number of benzene rings is 1. The molecule has 15 heavy (non-hydrogen) atoms. The molecule has 5 heteroatoms. The second-order valence-corrected chi connectivity index (χ2v) is 3.53. The number of rotatable bonds is 3. The Labute approximate surface area is 93.4 Å². The van der Waals surface area contributed by atoms with Crippen molar-refractivity contribution in [3.05, 3.63) is 23.2 Å². The van der Waals surface area contributed by atoms with Crippen LogP contribution in [0.4, 0.5) is 5.69 Å². The zero-order valence-electron chi connectivity index (χ0n) is 8.58. The minimum Gasteiger partial charge on any atom is -0.495 e. The number of amides is 1. The van der Waals surface area contributed by atoms with E-state index in [0.717, 1.165) is 0 Å². The molecule has 0 saturated heterocycles. The molecular weight excluding hydrogens is 216 g/mol. The molecule has 0 bridgehead atoms. The lowest BCUT2D eigenvalue weighted by molar-refractivity contribution is -0.117. The summed E-state index contributed by atoms with van der Waals surface area (Å²) < 4.78 is 5.01. The van der Waals surface area contributed by atoms with E-state index in [-0.39, 0.29) is 5.91 Å². The van der Waals surface area contributed by atoms with Crippen LogP contribution in [0.1, 0.15) is 6.92 Å². The lowest BCUT2D eigenvalue weighted by atomic mass is 10.2. The summed E-state index contributed by atoms with van der Waals surface area (Å²) in [7, 11) is 1.51. The summed E-state index contributed by atoms with van der Waals surface area (Å²) in [5.41, 5.74) is 6.02. The predicted molar refractivity (Wildman–Crippen MR) is 60.3 cm³/mol. The van der Waals surface area contributed by atoms with Gasteiger partial charge in [0.15, 0.2) is 0 Å². The van der Waals surface area contributed by atoms with E-state index in [1.165, 1.54) is 7.11 Å². The minimum absolute atomic E-state index is 0.251. The van der Waals surface area contributed by atoms with Crippen LogP contribution in [-0.4, -0.2) is 19.1 Å². The first-order valence-electron chi connectivity index (χ1n) is 4.44. The maximum absolute atomic E-state index is 11.3. The molecule has 0 aliphatic heterocycles. The molecule has 1 aromatic rings. The molecule has 1 aromatic carbocycles. The number of halogens is 1. The van der Waals surface area contributed by atoms with E-state index in [0.29, 0.717) is 16.5 Å². The second kappa shape index (κ2) is 5.00. The number of hydrogen-bond acceptors (Lipinski definition) is 3. The Balaban J connectivity index is 2.83. The fourth-order valence-corrected chi connectivity index (χ4v) is 1.19. The van der Waals surface area contributed by atoms with Crippen LogP contribution in [0, 0.1) is 0 Å². The van der Waals surface area contributed by atoms with Gasteiger partial charge in [-0.25, -0.2) is 0 Å². The van der Waals surface area contributed by atoms with Gasteiger partial charge in [-0.1, -0.05) is 11.6 Å². The van der Waals surface area contributed by atoms with Crippen molar-refractivity contribution in [2.45, 2.75) is 13.0 Å². The molecule has 4 nitrogen and oxygen atoms in total. The quantitative estimate of drug-likeness (QED) is 0.827. The molecule has 0 aliphatic rings. The molecule has 1 atom stereocenters. The maximum Gasteiger partial charge on any atom is 0.241 e. The number of nitrogens with two attached hydrogens (primary N) is 1. The summed E-state index contributed by atoms with van der Waals surface area (Å²) in [6.07, 6.45) is 0. The Hall–Kier alpha value is -1.26. The first-order chi connectivity index (χ1) is 7.04. The molecule has 0 fully saturated rings. The molecule has 0 aliphatic carbocycles. The maximum atomic E-state index is 11.3. The van der Waals surface area contributed by atoms with Gasteiger partial charge in [0.2, 0.25) is 5.91 Å². The van der Waals surface area contributed by atoms with Gasteiger partial charge in [-0.2, -0.15) is 0 Å². The summed E-state index contributed by atoms with van der Waals surface area (Å²) in [4.78, 5) is 11.3. The summed E-state index contributed by atoms with van der Waals surface area (Å²) >= 11 is 5.83. The Morgan fingerprint density at radius 3 is 2.80 bits per heavy atom. The van der Waals surface area contributed by atoms with Gasteiger partial charge < -0.3 is 15.8 Å². The third-order valence-corrected chi connectivity index (χ3v) is 2.14. The molecule has 1 unspecified atom stereocenters. The number of anilines is 1. The third kappa shape index (κ3) is 3.11. The van der Waals surface area contributed by atoms with Crippen molar-refractivity contribution in [1.29, 1.82) is 0 Å². The van der Waals surface area contributed by atoms with E-state index < -0.39 is 6.04 Å². The topological polar surface area (TPSA) is 64.3 Å². The van der Waals surface area contributed by atoms with Gasteiger partial charge in [-0.05, 0) is 19.1 Å². The average molecular weight is 229 g/mol. The minimum atomic E-state index is -0.549. The van der Waals surface area contributed by atoms with Crippen LogP contribution in [-0.2, 0) is 4.79 Å². The van der Waals surface area contributed by atoms with E-state index >= 15 is 0 Å². The van der Waals surface area contributed by atoms with Crippen molar-refractivity contribution in [1.82, 2.24) is 0 Å².